The van der Waals surface area contributed by atoms with E-state index < -0.39 is 29.6 Å². The van der Waals surface area contributed by atoms with Crippen molar-refractivity contribution in [2.75, 3.05) is 6.61 Å². The molecule has 0 spiro atoms. The molecule has 0 aliphatic rings. The summed E-state index contributed by atoms with van der Waals surface area (Å²) in [5.74, 6) is -2.20. The van der Waals surface area contributed by atoms with E-state index in [1.165, 1.54) is 6.92 Å². The predicted molar refractivity (Wildman–Crippen MR) is 74.5 cm³/mol. The number of ketones is 2. The van der Waals surface area contributed by atoms with E-state index in [1.54, 1.807) is 0 Å². The fourth-order valence-electron chi connectivity index (χ4n) is 1.86. The summed E-state index contributed by atoms with van der Waals surface area (Å²) in [4.78, 5) is 34.4. The number of aliphatic hydroxyl groups is 1. The minimum absolute atomic E-state index is 0.00234. The average molecular weight is 287 g/mol. The van der Waals surface area contributed by atoms with Gasteiger partial charge < -0.3 is 10.2 Å². The highest BCUT2D eigenvalue weighted by Crippen LogP contribution is 2.05. The number of rotatable bonds is 12. The summed E-state index contributed by atoms with van der Waals surface area (Å²) < 4.78 is 0. The van der Waals surface area contributed by atoms with E-state index >= 15 is 0 Å². The van der Waals surface area contributed by atoms with Crippen molar-refractivity contribution in [3.63, 3.8) is 0 Å². The molecule has 0 aromatic heterocycles. The number of carboxylic acids is 1. The molecule has 0 amide bonds. The highest BCUT2D eigenvalue weighted by molar-refractivity contribution is 6.39. The molecule has 6 heteroatoms. The maximum Gasteiger partial charge on any atom is 0.320 e. The summed E-state index contributed by atoms with van der Waals surface area (Å²) in [5, 5.41) is 20.2. The molecule has 0 aliphatic heterocycles. The van der Waals surface area contributed by atoms with Crippen molar-refractivity contribution in [1.82, 2.24) is 5.32 Å². The van der Waals surface area contributed by atoms with Crippen LogP contribution in [0.25, 0.3) is 0 Å². The smallest absolute Gasteiger partial charge is 0.320 e. The van der Waals surface area contributed by atoms with Crippen LogP contribution in [0.1, 0.15) is 52.4 Å². The highest BCUT2D eigenvalue weighted by Gasteiger charge is 2.26. The van der Waals surface area contributed by atoms with Crippen LogP contribution in [0.5, 0.6) is 0 Å². The molecule has 0 fully saturated rings. The number of hydrogen-bond donors (Lipinski definition) is 3. The van der Waals surface area contributed by atoms with E-state index in [2.05, 4.69) is 12.2 Å². The van der Waals surface area contributed by atoms with Crippen LogP contribution in [0.4, 0.5) is 0 Å². The lowest BCUT2D eigenvalue weighted by atomic mass is 10.0. The van der Waals surface area contributed by atoms with Gasteiger partial charge in [-0.1, -0.05) is 26.2 Å². The van der Waals surface area contributed by atoms with Gasteiger partial charge in [0.05, 0.1) is 6.04 Å². The van der Waals surface area contributed by atoms with Crippen LogP contribution in [0.3, 0.4) is 0 Å². The molecule has 3 N–H and O–H groups in total. The summed E-state index contributed by atoms with van der Waals surface area (Å²) >= 11 is 0. The molecule has 0 saturated heterocycles. The Hall–Kier alpha value is -1.27. The molecule has 0 saturated carbocycles. The van der Waals surface area contributed by atoms with Gasteiger partial charge in [-0.3, -0.25) is 19.7 Å². The van der Waals surface area contributed by atoms with Gasteiger partial charge in [0.1, 0.15) is 6.04 Å². The lowest BCUT2D eigenvalue weighted by Gasteiger charge is -2.18. The van der Waals surface area contributed by atoms with Crippen molar-refractivity contribution < 1.29 is 24.6 Å². The summed E-state index contributed by atoms with van der Waals surface area (Å²) in [7, 11) is 0. The maximum absolute atomic E-state index is 11.8. The zero-order chi connectivity index (χ0) is 15.5. The van der Waals surface area contributed by atoms with Crippen molar-refractivity contribution in [2.45, 2.75) is 64.5 Å². The Morgan fingerprint density at radius 2 is 1.80 bits per heavy atom. The van der Waals surface area contributed by atoms with Gasteiger partial charge in [-0.2, -0.15) is 0 Å². The second-order valence-corrected chi connectivity index (χ2v) is 4.89. The Kier molecular flexibility index (Phi) is 9.84. The number of unbranched alkanes of at least 4 members (excludes halogenated alkanes) is 3. The zero-order valence-electron chi connectivity index (χ0n) is 12.2. The number of aliphatic carboxylic acids is 1. The first kappa shape index (κ1) is 18.7. The Balaban J connectivity index is 4.24. The third-order valence-corrected chi connectivity index (χ3v) is 3.09. The minimum Gasteiger partial charge on any atom is -0.480 e. The van der Waals surface area contributed by atoms with Gasteiger partial charge in [0, 0.05) is 13.0 Å². The van der Waals surface area contributed by atoms with E-state index in [0.717, 1.165) is 19.3 Å². The molecule has 0 aromatic carbocycles. The summed E-state index contributed by atoms with van der Waals surface area (Å²) in [5.41, 5.74) is 0. The summed E-state index contributed by atoms with van der Waals surface area (Å²) in [6.45, 7) is 3.24. The lowest BCUT2D eigenvalue weighted by Crippen LogP contribution is -2.47. The van der Waals surface area contributed by atoms with Gasteiger partial charge in [0.2, 0.25) is 5.78 Å². The fourth-order valence-corrected chi connectivity index (χ4v) is 1.86. The summed E-state index contributed by atoms with van der Waals surface area (Å²) in [6.07, 6.45) is 3.90. The van der Waals surface area contributed by atoms with Gasteiger partial charge in [-0.25, -0.2) is 0 Å². The monoisotopic (exact) mass is 287 g/mol. The van der Waals surface area contributed by atoms with Gasteiger partial charge in [-0.05, 0) is 19.8 Å². The molecule has 0 heterocycles. The van der Waals surface area contributed by atoms with Gasteiger partial charge in [-0.15, -0.1) is 0 Å². The molecule has 2 atom stereocenters. The molecule has 0 aliphatic carbocycles. The van der Waals surface area contributed by atoms with Gasteiger partial charge >= 0.3 is 5.97 Å². The Morgan fingerprint density at radius 1 is 1.15 bits per heavy atom. The number of carbonyl (C=O) groups excluding carboxylic acids is 2. The molecule has 116 valence electrons. The van der Waals surface area contributed by atoms with E-state index in [-0.39, 0.29) is 19.4 Å². The van der Waals surface area contributed by atoms with Crippen molar-refractivity contribution in [2.24, 2.45) is 0 Å². The predicted octanol–water partition coefficient (Wildman–Crippen LogP) is 0.909. The number of carboxylic acid groups (broad SMARTS) is 1. The van der Waals surface area contributed by atoms with Crippen LogP contribution in [0, 0.1) is 0 Å². The van der Waals surface area contributed by atoms with Crippen LogP contribution in [0.2, 0.25) is 0 Å². The normalized spacial score (nSPS) is 13.8. The lowest BCUT2D eigenvalue weighted by molar-refractivity contribution is -0.141. The number of Topliss-reactive ketones (excluding diaryl/α,β-unsaturated/α-hetero) is 2. The third-order valence-electron chi connectivity index (χ3n) is 3.09. The van der Waals surface area contributed by atoms with E-state index in [0.29, 0.717) is 6.42 Å². The molecule has 0 radical (unpaired) electrons. The van der Waals surface area contributed by atoms with Crippen molar-refractivity contribution >= 4 is 17.5 Å². The van der Waals surface area contributed by atoms with Gasteiger partial charge in [0.15, 0.2) is 5.78 Å². The standard InChI is InChI=1S/C14H25NO5/c1-3-4-5-6-7-12(17)13(18)10(2)15-11(8-9-16)14(19)20/h10-11,15-16H,3-9H2,1-2H3,(H,19,20)/t10?,11-/m0/s1. The van der Waals surface area contributed by atoms with Crippen molar-refractivity contribution in [3.05, 3.63) is 0 Å². The Labute approximate surface area is 119 Å². The Morgan fingerprint density at radius 3 is 2.30 bits per heavy atom. The number of carbonyl (C=O) groups is 3. The van der Waals surface area contributed by atoms with Crippen LogP contribution in [-0.2, 0) is 14.4 Å². The molecule has 6 nitrogen and oxygen atoms in total. The van der Waals surface area contributed by atoms with Crippen LogP contribution in [0.15, 0.2) is 0 Å². The summed E-state index contributed by atoms with van der Waals surface area (Å²) in [6, 6.07) is -1.87. The van der Waals surface area contributed by atoms with E-state index in [1.807, 2.05) is 0 Å². The molecular formula is C14H25NO5. The SMILES string of the molecule is CCCCCCC(=O)C(=O)C(C)N[C@@H](CCO)C(=O)O. The first-order valence-electron chi connectivity index (χ1n) is 7.10. The van der Waals surface area contributed by atoms with Crippen LogP contribution in [-0.4, -0.2) is 46.4 Å². The quantitative estimate of drug-likeness (QED) is 0.364. The largest absolute Gasteiger partial charge is 0.480 e. The minimum atomic E-state index is -1.14. The van der Waals surface area contributed by atoms with Crippen LogP contribution < -0.4 is 5.32 Å². The fraction of sp³-hybridized carbons (Fsp3) is 0.786. The zero-order valence-corrected chi connectivity index (χ0v) is 12.2. The molecule has 20 heavy (non-hydrogen) atoms. The van der Waals surface area contributed by atoms with Crippen molar-refractivity contribution in [3.8, 4) is 0 Å². The number of nitrogens with one attached hydrogen (secondary N) is 1. The molecule has 0 bridgehead atoms. The topological polar surface area (TPSA) is 104 Å². The second-order valence-electron chi connectivity index (χ2n) is 4.89. The number of aliphatic hydroxyl groups excluding tert-OH is 1. The number of hydrogen-bond acceptors (Lipinski definition) is 5. The molecular weight excluding hydrogens is 262 g/mol. The van der Waals surface area contributed by atoms with Gasteiger partial charge in [0.25, 0.3) is 0 Å². The highest BCUT2D eigenvalue weighted by atomic mass is 16.4. The third kappa shape index (κ3) is 7.35. The van der Waals surface area contributed by atoms with Crippen LogP contribution >= 0.6 is 0 Å². The first-order chi connectivity index (χ1) is 9.43. The maximum atomic E-state index is 11.8. The molecule has 1 unspecified atom stereocenters. The first-order valence-corrected chi connectivity index (χ1v) is 7.10. The van der Waals surface area contributed by atoms with Crippen molar-refractivity contribution in [1.29, 1.82) is 0 Å². The average Bonchev–Trinajstić information content (AvgIpc) is 2.41. The second kappa shape index (κ2) is 10.5. The molecule has 0 rings (SSSR count). The molecule has 0 aromatic rings. The van der Waals surface area contributed by atoms with E-state index in [4.69, 9.17) is 10.2 Å². The Bertz CT molecular complexity index is 330. The van der Waals surface area contributed by atoms with E-state index in [9.17, 15) is 14.4 Å².